The van der Waals surface area contributed by atoms with Gasteiger partial charge in [-0.05, 0) is 72.4 Å². The third-order valence-electron chi connectivity index (χ3n) is 7.55. The lowest BCUT2D eigenvalue weighted by Crippen LogP contribution is -2.25. The van der Waals surface area contributed by atoms with Crippen LogP contribution in [0.4, 0.5) is 5.69 Å². The molecule has 0 aromatic heterocycles. The van der Waals surface area contributed by atoms with Gasteiger partial charge in [0, 0.05) is 18.3 Å². The lowest BCUT2D eigenvalue weighted by Gasteiger charge is -2.25. The van der Waals surface area contributed by atoms with Crippen LogP contribution in [0.25, 0.3) is 11.1 Å². The molecular formula is C40H34N3P. The van der Waals surface area contributed by atoms with E-state index in [9.17, 15) is 0 Å². The predicted octanol–water partition coefficient (Wildman–Crippen LogP) is 8.47. The summed E-state index contributed by atoms with van der Waals surface area (Å²) in [6.45, 7) is 6.60. The fourth-order valence-corrected chi connectivity index (χ4v) is 7.62. The van der Waals surface area contributed by atoms with Crippen LogP contribution in [0.15, 0.2) is 180 Å². The zero-order chi connectivity index (χ0) is 30.1. The van der Waals surface area contributed by atoms with E-state index in [0.717, 1.165) is 45.9 Å². The van der Waals surface area contributed by atoms with E-state index in [1.54, 1.807) is 6.20 Å². The monoisotopic (exact) mass is 587 g/mol. The van der Waals surface area contributed by atoms with Crippen LogP contribution in [0.1, 0.15) is 11.1 Å². The molecule has 1 aliphatic rings. The van der Waals surface area contributed by atoms with Gasteiger partial charge in [0.1, 0.15) is 0 Å². The summed E-state index contributed by atoms with van der Waals surface area (Å²) >= 11 is 0. The van der Waals surface area contributed by atoms with E-state index in [-0.39, 0.29) is 0 Å². The standard InChI is InChI=1S/C40H34N3P/c1-31-15-10-11-22-38(31)42-40(39(30-41-2)43-27-12-5-13-28-43)34-17-14-16-33(29-34)32-23-25-37(26-24-32)44(35-18-6-3-7-19-35)36-20-8-4-9-21-36/h3-27,29-30H,2,28H2,1H3/b39-30-,42-40-. The number of para-hydroxylation sites is 1. The van der Waals surface area contributed by atoms with Gasteiger partial charge in [0.2, 0.25) is 0 Å². The maximum atomic E-state index is 5.23. The molecule has 0 saturated carbocycles. The number of aryl methyl sites for hydroxylation is 1. The maximum absolute atomic E-state index is 5.23. The molecule has 4 heteroatoms. The zero-order valence-corrected chi connectivity index (χ0v) is 25.7. The van der Waals surface area contributed by atoms with E-state index in [1.165, 1.54) is 15.9 Å². The fourth-order valence-electron chi connectivity index (χ4n) is 5.33. The van der Waals surface area contributed by atoms with E-state index < -0.39 is 7.92 Å². The molecule has 5 aromatic carbocycles. The molecule has 214 valence electrons. The van der Waals surface area contributed by atoms with Gasteiger partial charge in [0.15, 0.2) is 0 Å². The minimum atomic E-state index is -0.656. The summed E-state index contributed by atoms with van der Waals surface area (Å²) in [5.74, 6) is 0. The quantitative estimate of drug-likeness (QED) is 0.126. The molecule has 1 aliphatic heterocycles. The van der Waals surface area contributed by atoms with Gasteiger partial charge in [-0.3, -0.25) is 4.99 Å². The average molecular weight is 588 g/mol. The number of benzene rings is 5. The smallest absolute Gasteiger partial charge is 0.0962 e. The Morgan fingerprint density at radius 3 is 2.00 bits per heavy atom. The second-order valence-electron chi connectivity index (χ2n) is 10.5. The molecule has 44 heavy (non-hydrogen) atoms. The Morgan fingerprint density at radius 2 is 1.36 bits per heavy atom. The second kappa shape index (κ2) is 13.9. The van der Waals surface area contributed by atoms with Gasteiger partial charge in [-0.2, -0.15) is 0 Å². The highest BCUT2D eigenvalue weighted by Crippen LogP contribution is 2.34. The Bertz CT molecular complexity index is 1810. The van der Waals surface area contributed by atoms with Crippen LogP contribution in [0.3, 0.4) is 0 Å². The first-order valence-electron chi connectivity index (χ1n) is 14.7. The minimum Gasteiger partial charge on any atom is -0.341 e. The molecule has 0 aliphatic carbocycles. The third kappa shape index (κ3) is 6.59. The van der Waals surface area contributed by atoms with E-state index >= 15 is 0 Å². The largest absolute Gasteiger partial charge is 0.341 e. The first-order valence-corrected chi connectivity index (χ1v) is 16.1. The molecule has 3 nitrogen and oxygen atoms in total. The second-order valence-corrected chi connectivity index (χ2v) is 12.7. The highest BCUT2D eigenvalue weighted by Gasteiger charge is 2.19. The first kappa shape index (κ1) is 29.0. The molecule has 0 spiro atoms. The van der Waals surface area contributed by atoms with Crippen molar-refractivity contribution in [2.45, 2.75) is 6.92 Å². The van der Waals surface area contributed by atoms with E-state index in [2.05, 4.69) is 163 Å². The number of hydrogen-bond donors (Lipinski definition) is 0. The Hall–Kier alpha value is -5.11. The molecule has 0 N–H and O–H groups in total. The summed E-state index contributed by atoms with van der Waals surface area (Å²) in [7, 11) is -0.656. The molecule has 6 rings (SSSR count). The molecule has 0 atom stereocenters. The van der Waals surface area contributed by atoms with Crippen molar-refractivity contribution >= 4 is 42.0 Å². The van der Waals surface area contributed by atoms with Crippen molar-refractivity contribution in [3.63, 3.8) is 0 Å². The van der Waals surface area contributed by atoms with Crippen molar-refractivity contribution in [3.8, 4) is 11.1 Å². The fraction of sp³-hybridized carbons (Fsp3) is 0.0500. The predicted molar refractivity (Wildman–Crippen MR) is 191 cm³/mol. The van der Waals surface area contributed by atoms with E-state index in [1.807, 2.05) is 18.2 Å². The highest BCUT2D eigenvalue weighted by atomic mass is 31.1. The van der Waals surface area contributed by atoms with Crippen molar-refractivity contribution in [2.75, 3.05) is 6.54 Å². The van der Waals surface area contributed by atoms with Crippen LogP contribution in [0.2, 0.25) is 0 Å². The normalized spacial score (nSPS) is 13.4. The summed E-state index contributed by atoms with van der Waals surface area (Å²) in [6, 6.07) is 47.5. The van der Waals surface area contributed by atoms with Gasteiger partial charge in [-0.1, -0.05) is 133 Å². The summed E-state index contributed by atoms with van der Waals surface area (Å²) in [5.41, 5.74) is 7.10. The van der Waals surface area contributed by atoms with Crippen LogP contribution in [0, 0.1) is 6.92 Å². The van der Waals surface area contributed by atoms with Gasteiger partial charge in [0.25, 0.3) is 0 Å². The average Bonchev–Trinajstić information content (AvgIpc) is 3.09. The lowest BCUT2D eigenvalue weighted by molar-refractivity contribution is 0.535. The van der Waals surface area contributed by atoms with Crippen LogP contribution in [0.5, 0.6) is 0 Å². The number of hydrogen-bond acceptors (Lipinski definition) is 3. The molecule has 0 radical (unpaired) electrons. The number of nitrogens with zero attached hydrogens (tertiary/aromatic N) is 3. The Labute approximate surface area is 261 Å². The third-order valence-corrected chi connectivity index (χ3v) is 10.00. The van der Waals surface area contributed by atoms with Gasteiger partial charge in [-0.25, -0.2) is 4.99 Å². The zero-order valence-electron chi connectivity index (χ0n) is 24.8. The molecule has 0 bridgehead atoms. The molecule has 0 unspecified atom stereocenters. The van der Waals surface area contributed by atoms with Crippen molar-refractivity contribution in [2.24, 2.45) is 9.98 Å². The van der Waals surface area contributed by atoms with Gasteiger partial charge in [-0.15, -0.1) is 0 Å². The van der Waals surface area contributed by atoms with Gasteiger partial charge < -0.3 is 4.90 Å². The van der Waals surface area contributed by atoms with Crippen molar-refractivity contribution in [1.82, 2.24) is 4.90 Å². The molecule has 1 heterocycles. The van der Waals surface area contributed by atoms with Gasteiger partial charge in [0.05, 0.1) is 23.3 Å². The molecule has 0 fully saturated rings. The van der Waals surface area contributed by atoms with E-state index in [0.29, 0.717) is 0 Å². The first-order chi connectivity index (χ1) is 21.7. The maximum Gasteiger partial charge on any atom is 0.0962 e. The Morgan fingerprint density at radius 1 is 0.705 bits per heavy atom. The van der Waals surface area contributed by atoms with Crippen molar-refractivity contribution in [1.29, 1.82) is 0 Å². The molecule has 5 aromatic rings. The van der Waals surface area contributed by atoms with Crippen LogP contribution < -0.4 is 15.9 Å². The van der Waals surface area contributed by atoms with Crippen LogP contribution >= 0.6 is 7.92 Å². The SMILES string of the molecule is C=N/C=C(/C(=N\c1ccccc1C)c1cccc(-c2ccc(P(c3ccccc3)c3ccccc3)cc2)c1)N1C=CC=CC1. The Balaban J connectivity index is 1.40. The van der Waals surface area contributed by atoms with Crippen LogP contribution in [-0.4, -0.2) is 23.9 Å². The Kier molecular flexibility index (Phi) is 9.16. The topological polar surface area (TPSA) is 28.0 Å². The number of allylic oxidation sites excluding steroid dienone is 3. The van der Waals surface area contributed by atoms with E-state index in [4.69, 9.17) is 4.99 Å². The van der Waals surface area contributed by atoms with Crippen molar-refractivity contribution in [3.05, 3.63) is 181 Å². The van der Waals surface area contributed by atoms with Gasteiger partial charge >= 0.3 is 0 Å². The van der Waals surface area contributed by atoms with Crippen LogP contribution in [-0.2, 0) is 0 Å². The minimum absolute atomic E-state index is 0.656. The molecule has 0 amide bonds. The number of rotatable bonds is 9. The lowest BCUT2D eigenvalue weighted by atomic mass is 9.99. The summed E-state index contributed by atoms with van der Waals surface area (Å²) in [5, 5.41) is 4.01. The number of aliphatic imine (C=N–C) groups is 2. The summed E-state index contributed by atoms with van der Waals surface area (Å²) < 4.78 is 0. The molecular weight excluding hydrogens is 553 g/mol. The molecule has 0 saturated heterocycles. The summed E-state index contributed by atoms with van der Waals surface area (Å²) in [4.78, 5) is 11.6. The summed E-state index contributed by atoms with van der Waals surface area (Å²) in [6.07, 6.45) is 10.1. The van der Waals surface area contributed by atoms with Crippen molar-refractivity contribution < 1.29 is 0 Å². The highest BCUT2D eigenvalue weighted by molar-refractivity contribution is 7.79.